The van der Waals surface area contributed by atoms with E-state index in [4.69, 9.17) is 19.4 Å². The highest BCUT2D eigenvalue weighted by Gasteiger charge is 2.50. The third-order valence-electron chi connectivity index (χ3n) is 11.6. The van der Waals surface area contributed by atoms with E-state index in [1.54, 1.807) is 0 Å². The zero-order valence-electron chi connectivity index (χ0n) is 30.6. The van der Waals surface area contributed by atoms with E-state index < -0.39 is 5.41 Å². The summed E-state index contributed by atoms with van der Waals surface area (Å²) in [6.07, 6.45) is 0. The van der Waals surface area contributed by atoms with E-state index in [0.29, 0.717) is 17.5 Å². The van der Waals surface area contributed by atoms with Gasteiger partial charge in [0, 0.05) is 37.3 Å². The van der Waals surface area contributed by atoms with Gasteiger partial charge in [-0.05, 0) is 87.0 Å². The molecule has 1 aliphatic heterocycles. The van der Waals surface area contributed by atoms with E-state index in [2.05, 4.69) is 121 Å². The number of hydrogen-bond donors (Lipinski definition) is 0. The Hall–Kier alpha value is -7.08. The minimum absolute atomic E-state index is 0.535. The van der Waals surface area contributed by atoms with Crippen molar-refractivity contribution in [2.75, 3.05) is 0 Å². The van der Waals surface area contributed by atoms with Gasteiger partial charge in [0.05, 0.1) is 5.41 Å². The molecular weight excluding hydrogens is 715 g/mol. The van der Waals surface area contributed by atoms with Crippen LogP contribution in [0.3, 0.4) is 0 Å². The summed E-state index contributed by atoms with van der Waals surface area (Å²) in [6, 6.07) is 66.8. The Kier molecular flexibility index (Phi) is 7.04. The van der Waals surface area contributed by atoms with Gasteiger partial charge in [-0.3, -0.25) is 0 Å². The van der Waals surface area contributed by atoms with E-state index in [-0.39, 0.29) is 0 Å². The van der Waals surface area contributed by atoms with Crippen molar-refractivity contribution in [1.29, 1.82) is 0 Å². The van der Waals surface area contributed by atoms with Crippen LogP contribution in [0.4, 0.5) is 0 Å². The maximum atomic E-state index is 6.48. The molecule has 2 aliphatic rings. The normalized spacial score (nSPS) is 15.0. The van der Waals surface area contributed by atoms with Crippen LogP contribution in [-0.2, 0) is 5.41 Å². The Labute approximate surface area is 333 Å². The fourth-order valence-corrected chi connectivity index (χ4v) is 10.2. The summed E-state index contributed by atoms with van der Waals surface area (Å²) in [4.78, 5) is 17.5. The van der Waals surface area contributed by atoms with Crippen molar-refractivity contribution in [2.45, 2.75) is 15.2 Å². The summed E-state index contributed by atoms with van der Waals surface area (Å²) in [5, 5.41) is 2.27. The fourth-order valence-electron chi connectivity index (χ4n) is 9.07. The number of benzene rings is 8. The second kappa shape index (κ2) is 12.5. The van der Waals surface area contributed by atoms with Crippen LogP contribution in [0.5, 0.6) is 0 Å². The van der Waals surface area contributed by atoms with Gasteiger partial charge < -0.3 is 4.42 Å². The first-order chi connectivity index (χ1) is 28.2. The number of aromatic nitrogens is 3. The lowest BCUT2D eigenvalue weighted by molar-refractivity contribution is 0.668. The third-order valence-corrected chi connectivity index (χ3v) is 12.7. The molecule has 10 aromatic rings. The molecule has 12 rings (SSSR count). The van der Waals surface area contributed by atoms with Crippen molar-refractivity contribution in [2.24, 2.45) is 0 Å². The first-order valence-corrected chi connectivity index (χ1v) is 20.0. The molecule has 3 heterocycles. The molecule has 5 heteroatoms. The summed E-state index contributed by atoms with van der Waals surface area (Å²) < 4.78 is 6.48. The maximum absolute atomic E-state index is 6.48. The van der Waals surface area contributed by atoms with Crippen molar-refractivity contribution in [3.8, 4) is 56.4 Å². The van der Waals surface area contributed by atoms with Crippen LogP contribution in [0.15, 0.2) is 202 Å². The van der Waals surface area contributed by atoms with Gasteiger partial charge in [0.2, 0.25) is 0 Å². The van der Waals surface area contributed by atoms with Crippen molar-refractivity contribution in [1.82, 2.24) is 15.0 Å². The monoisotopic (exact) mass is 745 g/mol. The minimum Gasteiger partial charge on any atom is -0.456 e. The van der Waals surface area contributed by atoms with Crippen LogP contribution < -0.4 is 0 Å². The molecule has 1 atom stereocenters. The summed E-state index contributed by atoms with van der Waals surface area (Å²) >= 11 is 1.86. The van der Waals surface area contributed by atoms with Crippen molar-refractivity contribution >= 4 is 33.7 Å². The molecule has 266 valence electrons. The van der Waals surface area contributed by atoms with Gasteiger partial charge in [-0.25, -0.2) is 15.0 Å². The van der Waals surface area contributed by atoms with Crippen molar-refractivity contribution < 1.29 is 4.42 Å². The Morgan fingerprint density at radius 3 is 1.74 bits per heavy atom. The molecule has 0 fully saturated rings. The highest BCUT2D eigenvalue weighted by Crippen LogP contribution is 2.63. The maximum Gasteiger partial charge on any atom is 0.164 e. The molecule has 0 radical (unpaired) electrons. The molecular formula is C52H31N3OS. The molecule has 1 spiro atoms. The second-order valence-electron chi connectivity index (χ2n) is 14.7. The molecule has 1 aliphatic carbocycles. The molecule has 8 aromatic carbocycles. The smallest absolute Gasteiger partial charge is 0.164 e. The minimum atomic E-state index is -0.535. The van der Waals surface area contributed by atoms with Crippen LogP contribution in [0.1, 0.15) is 22.3 Å². The second-order valence-corrected chi connectivity index (χ2v) is 15.8. The van der Waals surface area contributed by atoms with Gasteiger partial charge in [-0.2, -0.15) is 0 Å². The standard InChI is InChI=1S/C52H31N3OS/c1-3-14-32(15-4-1)49-53-50(33-16-5-2-6-17-33)55-51(54-49)36-19-13-18-34(28-36)35-26-27-48-44(29-35)52(42-23-10-12-25-47(42)57-48)41-22-9-7-20-37(41)39-31-46-40(30-43(39)52)38-21-8-11-24-45(38)56-46/h1-31H. The van der Waals surface area contributed by atoms with Crippen LogP contribution in [0.25, 0.3) is 78.4 Å². The Bertz CT molecular complexity index is 3170. The van der Waals surface area contributed by atoms with Crippen LogP contribution in [0.2, 0.25) is 0 Å². The van der Waals surface area contributed by atoms with Crippen LogP contribution >= 0.6 is 11.8 Å². The number of para-hydroxylation sites is 1. The molecule has 2 aromatic heterocycles. The van der Waals surface area contributed by atoms with Crippen molar-refractivity contribution in [3.63, 3.8) is 0 Å². The topological polar surface area (TPSA) is 51.8 Å². The van der Waals surface area contributed by atoms with Gasteiger partial charge in [0.1, 0.15) is 11.2 Å². The SMILES string of the molecule is c1ccc(-c2nc(-c3ccccc3)nc(-c3cccc(-c4ccc5c(c4)C4(c6ccccc6S5)c5ccccc5-c5cc6oc7ccccc7c6cc54)c3)n2)cc1. The highest BCUT2D eigenvalue weighted by molar-refractivity contribution is 7.99. The van der Waals surface area contributed by atoms with E-state index in [1.165, 1.54) is 43.2 Å². The number of rotatable bonds is 4. The van der Waals surface area contributed by atoms with E-state index in [1.807, 2.05) is 78.5 Å². The predicted octanol–water partition coefficient (Wildman–Crippen LogP) is 13.3. The molecule has 0 saturated carbocycles. The molecule has 1 unspecified atom stereocenters. The molecule has 0 N–H and O–H groups in total. The lowest BCUT2D eigenvalue weighted by Crippen LogP contribution is -2.32. The quantitative estimate of drug-likeness (QED) is 0.180. The Morgan fingerprint density at radius 2 is 0.947 bits per heavy atom. The molecule has 0 amide bonds. The fraction of sp³-hybridized carbons (Fsp3) is 0.0192. The zero-order valence-corrected chi connectivity index (χ0v) is 31.4. The number of furan rings is 1. The molecule has 0 bridgehead atoms. The Balaban J connectivity index is 1.07. The van der Waals surface area contributed by atoms with E-state index >= 15 is 0 Å². The summed E-state index contributed by atoms with van der Waals surface area (Å²) in [5.41, 5.74) is 14.0. The van der Waals surface area contributed by atoms with Crippen LogP contribution in [0, 0.1) is 0 Å². The Morgan fingerprint density at radius 1 is 0.351 bits per heavy atom. The first-order valence-electron chi connectivity index (χ1n) is 19.2. The number of nitrogens with zero attached hydrogens (tertiary/aromatic N) is 3. The average molecular weight is 746 g/mol. The predicted molar refractivity (Wildman–Crippen MR) is 230 cm³/mol. The van der Waals surface area contributed by atoms with E-state index in [0.717, 1.165) is 49.8 Å². The van der Waals surface area contributed by atoms with E-state index in [9.17, 15) is 0 Å². The van der Waals surface area contributed by atoms with Crippen LogP contribution in [-0.4, -0.2) is 15.0 Å². The summed E-state index contributed by atoms with van der Waals surface area (Å²) in [7, 11) is 0. The largest absolute Gasteiger partial charge is 0.456 e. The lowest BCUT2D eigenvalue weighted by atomic mass is 9.67. The van der Waals surface area contributed by atoms with Crippen molar-refractivity contribution in [3.05, 3.63) is 210 Å². The van der Waals surface area contributed by atoms with Gasteiger partial charge in [0.25, 0.3) is 0 Å². The number of hydrogen-bond acceptors (Lipinski definition) is 5. The average Bonchev–Trinajstić information content (AvgIpc) is 3.79. The zero-order chi connectivity index (χ0) is 37.5. The van der Waals surface area contributed by atoms with Gasteiger partial charge in [-0.15, -0.1) is 0 Å². The summed E-state index contributed by atoms with van der Waals surface area (Å²) in [5.74, 6) is 1.93. The lowest BCUT2D eigenvalue weighted by Gasteiger charge is -2.40. The highest BCUT2D eigenvalue weighted by atomic mass is 32.2. The molecule has 0 saturated heterocycles. The number of fused-ring (bicyclic) bond motifs is 12. The first kappa shape index (κ1) is 32.2. The van der Waals surface area contributed by atoms with Gasteiger partial charge in [0.15, 0.2) is 17.5 Å². The molecule has 4 nitrogen and oxygen atoms in total. The van der Waals surface area contributed by atoms with Gasteiger partial charge in [-0.1, -0.05) is 157 Å². The third kappa shape index (κ3) is 4.86. The summed E-state index contributed by atoms with van der Waals surface area (Å²) in [6.45, 7) is 0. The molecule has 57 heavy (non-hydrogen) atoms. The van der Waals surface area contributed by atoms with Gasteiger partial charge >= 0.3 is 0 Å².